The Bertz CT molecular complexity index is 202. The predicted octanol–water partition coefficient (Wildman–Crippen LogP) is 0.744. The molecule has 0 aromatic rings. The zero-order valence-corrected chi connectivity index (χ0v) is 8.62. The number of rotatable bonds is 5. The molecule has 0 saturated heterocycles. The molecule has 0 aliphatic heterocycles. The smallest absolute Gasteiger partial charge is 0.337 e. The second-order valence-electron chi connectivity index (χ2n) is 4.05. The molecule has 0 amide bonds. The van der Waals surface area contributed by atoms with Crippen LogP contribution in [0.2, 0.25) is 0 Å². The van der Waals surface area contributed by atoms with E-state index in [4.69, 9.17) is 5.11 Å². The second-order valence-corrected chi connectivity index (χ2v) is 4.05. The number of hydrogen-bond acceptors (Lipinski definition) is 3. The monoisotopic (exact) mass is 201 g/mol. The van der Waals surface area contributed by atoms with E-state index in [9.17, 15) is 9.90 Å². The molecular formula is C10H19NO3. The highest BCUT2D eigenvalue weighted by Gasteiger charge is 2.34. The third kappa shape index (κ3) is 2.69. The van der Waals surface area contributed by atoms with Gasteiger partial charge < -0.3 is 15.5 Å². The maximum atomic E-state index is 10.8. The first-order valence-corrected chi connectivity index (χ1v) is 5.27. The quantitative estimate of drug-likeness (QED) is 0.613. The molecule has 1 aliphatic carbocycles. The fourth-order valence-corrected chi connectivity index (χ4v) is 1.79. The average molecular weight is 201 g/mol. The molecule has 4 heteroatoms. The Morgan fingerprint density at radius 1 is 1.50 bits per heavy atom. The van der Waals surface area contributed by atoms with Crippen molar-refractivity contribution < 1.29 is 15.0 Å². The van der Waals surface area contributed by atoms with Crippen LogP contribution in [0.3, 0.4) is 0 Å². The van der Waals surface area contributed by atoms with Crippen LogP contribution < -0.4 is 5.32 Å². The molecule has 0 heterocycles. The van der Waals surface area contributed by atoms with Gasteiger partial charge in [0.05, 0.1) is 0 Å². The Hall–Kier alpha value is -0.610. The van der Waals surface area contributed by atoms with Crippen molar-refractivity contribution in [1.29, 1.82) is 0 Å². The van der Waals surface area contributed by atoms with Gasteiger partial charge in [-0.3, -0.25) is 0 Å². The van der Waals surface area contributed by atoms with E-state index >= 15 is 0 Å². The number of carboxylic acid groups (broad SMARTS) is 1. The average Bonchev–Trinajstić information content (AvgIpc) is 2.66. The number of carboxylic acids is 1. The molecule has 0 spiro atoms. The highest BCUT2D eigenvalue weighted by Crippen LogP contribution is 2.18. The summed E-state index contributed by atoms with van der Waals surface area (Å²) in [6, 6.07) is 0.396. The minimum atomic E-state index is -1.59. The summed E-state index contributed by atoms with van der Waals surface area (Å²) in [5.41, 5.74) is -1.59. The summed E-state index contributed by atoms with van der Waals surface area (Å²) in [5, 5.41) is 21.6. The molecule has 0 bridgehead atoms. The van der Waals surface area contributed by atoms with Gasteiger partial charge in [-0.05, 0) is 19.3 Å². The Morgan fingerprint density at radius 3 is 2.50 bits per heavy atom. The molecule has 4 nitrogen and oxygen atoms in total. The summed E-state index contributed by atoms with van der Waals surface area (Å²) in [6.45, 7) is 1.84. The lowest BCUT2D eigenvalue weighted by atomic mass is 10.0. The van der Waals surface area contributed by atoms with E-state index in [1.165, 1.54) is 12.8 Å². The molecule has 0 radical (unpaired) electrons. The topological polar surface area (TPSA) is 69.6 Å². The fraction of sp³-hybridized carbons (Fsp3) is 0.900. The van der Waals surface area contributed by atoms with Crippen molar-refractivity contribution in [3.63, 3.8) is 0 Å². The lowest BCUT2D eigenvalue weighted by Gasteiger charge is -2.24. The van der Waals surface area contributed by atoms with Crippen molar-refractivity contribution in [2.45, 2.75) is 50.7 Å². The minimum Gasteiger partial charge on any atom is -0.479 e. The highest BCUT2D eigenvalue weighted by molar-refractivity contribution is 5.77. The maximum Gasteiger partial charge on any atom is 0.337 e. The second kappa shape index (κ2) is 4.75. The van der Waals surface area contributed by atoms with Crippen LogP contribution in [-0.2, 0) is 4.79 Å². The molecule has 1 aliphatic rings. The lowest BCUT2D eigenvalue weighted by Crippen LogP contribution is -2.49. The van der Waals surface area contributed by atoms with E-state index in [1.54, 1.807) is 6.92 Å². The maximum absolute atomic E-state index is 10.8. The van der Waals surface area contributed by atoms with Gasteiger partial charge in [-0.1, -0.05) is 19.8 Å². The van der Waals surface area contributed by atoms with E-state index in [0.717, 1.165) is 12.8 Å². The molecule has 1 fully saturated rings. The van der Waals surface area contributed by atoms with Gasteiger partial charge in [0.1, 0.15) is 0 Å². The van der Waals surface area contributed by atoms with Crippen LogP contribution in [0.15, 0.2) is 0 Å². The van der Waals surface area contributed by atoms with Crippen molar-refractivity contribution in [2.75, 3.05) is 6.54 Å². The Balaban J connectivity index is 2.36. The predicted molar refractivity (Wildman–Crippen MR) is 53.1 cm³/mol. The first kappa shape index (κ1) is 11.5. The van der Waals surface area contributed by atoms with Gasteiger partial charge in [-0.15, -0.1) is 0 Å². The summed E-state index contributed by atoms with van der Waals surface area (Å²) >= 11 is 0. The molecular weight excluding hydrogens is 182 g/mol. The molecule has 1 atom stereocenters. The first-order valence-electron chi connectivity index (χ1n) is 5.27. The summed E-state index contributed by atoms with van der Waals surface area (Å²) in [4.78, 5) is 10.8. The molecule has 0 aromatic carbocycles. The van der Waals surface area contributed by atoms with Crippen LogP contribution >= 0.6 is 0 Å². The molecule has 1 saturated carbocycles. The summed E-state index contributed by atoms with van der Waals surface area (Å²) in [7, 11) is 0. The van der Waals surface area contributed by atoms with E-state index in [-0.39, 0.29) is 13.0 Å². The summed E-state index contributed by atoms with van der Waals surface area (Å²) in [5.74, 6) is -1.13. The molecule has 1 unspecified atom stereocenters. The minimum absolute atomic E-state index is 0.156. The van der Waals surface area contributed by atoms with E-state index < -0.39 is 11.6 Å². The van der Waals surface area contributed by atoms with Crippen LogP contribution in [0, 0.1) is 0 Å². The van der Waals surface area contributed by atoms with Crippen molar-refractivity contribution in [2.24, 2.45) is 0 Å². The SMILES string of the molecule is CCC(O)(CNC1CCCC1)C(=O)O. The largest absolute Gasteiger partial charge is 0.479 e. The van der Waals surface area contributed by atoms with Gasteiger partial charge >= 0.3 is 5.97 Å². The molecule has 14 heavy (non-hydrogen) atoms. The van der Waals surface area contributed by atoms with Gasteiger partial charge in [0, 0.05) is 12.6 Å². The first-order chi connectivity index (χ1) is 6.58. The lowest BCUT2D eigenvalue weighted by molar-refractivity contribution is -0.158. The third-order valence-electron chi connectivity index (χ3n) is 3.02. The highest BCUT2D eigenvalue weighted by atomic mass is 16.4. The number of aliphatic carboxylic acids is 1. The fourth-order valence-electron chi connectivity index (χ4n) is 1.79. The normalized spacial score (nSPS) is 22.1. The van der Waals surface area contributed by atoms with Crippen LogP contribution in [0.4, 0.5) is 0 Å². The zero-order chi connectivity index (χ0) is 10.6. The number of hydrogen-bond donors (Lipinski definition) is 3. The number of aliphatic hydroxyl groups is 1. The molecule has 3 N–H and O–H groups in total. The van der Waals surface area contributed by atoms with Crippen molar-refractivity contribution >= 4 is 5.97 Å². The van der Waals surface area contributed by atoms with Gasteiger partial charge in [0.2, 0.25) is 0 Å². The molecule has 1 rings (SSSR count). The summed E-state index contributed by atoms with van der Waals surface area (Å²) in [6.07, 6.45) is 4.84. The van der Waals surface area contributed by atoms with Gasteiger partial charge in [0.15, 0.2) is 5.60 Å². The van der Waals surface area contributed by atoms with E-state index in [1.807, 2.05) is 0 Å². The standard InChI is InChI=1S/C10H19NO3/c1-2-10(14,9(12)13)7-11-8-5-3-4-6-8/h8,11,14H,2-7H2,1H3,(H,12,13). The van der Waals surface area contributed by atoms with Crippen molar-refractivity contribution in [1.82, 2.24) is 5.32 Å². The molecule has 0 aromatic heterocycles. The Kier molecular flexibility index (Phi) is 3.89. The Morgan fingerprint density at radius 2 is 2.07 bits per heavy atom. The van der Waals surface area contributed by atoms with E-state index in [2.05, 4.69) is 5.32 Å². The zero-order valence-electron chi connectivity index (χ0n) is 8.62. The van der Waals surface area contributed by atoms with E-state index in [0.29, 0.717) is 6.04 Å². The van der Waals surface area contributed by atoms with Gasteiger partial charge in [-0.2, -0.15) is 0 Å². The molecule has 82 valence electrons. The Labute approximate surface area is 84.3 Å². The van der Waals surface area contributed by atoms with Gasteiger partial charge in [-0.25, -0.2) is 4.79 Å². The van der Waals surface area contributed by atoms with Crippen molar-refractivity contribution in [3.05, 3.63) is 0 Å². The number of carbonyl (C=O) groups is 1. The van der Waals surface area contributed by atoms with Gasteiger partial charge in [0.25, 0.3) is 0 Å². The summed E-state index contributed by atoms with van der Waals surface area (Å²) < 4.78 is 0. The van der Waals surface area contributed by atoms with Crippen molar-refractivity contribution in [3.8, 4) is 0 Å². The van der Waals surface area contributed by atoms with Crippen LogP contribution in [0.25, 0.3) is 0 Å². The van der Waals surface area contributed by atoms with Crippen LogP contribution in [0.1, 0.15) is 39.0 Å². The van der Waals surface area contributed by atoms with Crippen LogP contribution in [-0.4, -0.2) is 34.4 Å². The number of nitrogens with one attached hydrogen (secondary N) is 1. The third-order valence-corrected chi connectivity index (χ3v) is 3.02. The van der Waals surface area contributed by atoms with Crippen LogP contribution in [0.5, 0.6) is 0 Å².